The summed E-state index contributed by atoms with van der Waals surface area (Å²) in [6, 6.07) is 6.11. The minimum absolute atomic E-state index is 0.195. The molecule has 2 heterocycles. The molecule has 0 aliphatic carbocycles. The molecule has 1 aromatic rings. The molecular formula is C13H14O2S. The highest BCUT2D eigenvalue weighted by molar-refractivity contribution is 7.80. The number of hydrogen-bond acceptors (Lipinski definition) is 3. The summed E-state index contributed by atoms with van der Waals surface area (Å²) < 4.78 is 11.6. The van der Waals surface area contributed by atoms with E-state index in [1.165, 1.54) is 0 Å². The van der Waals surface area contributed by atoms with Crippen molar-refractivity contribution >= 4 is 17.1 Å². The van der Waals surface area contributed by atoms with Crippen LogP contribution in [0.4, 0.5) is 0 Å². The van der Waals surface area contributed by atoms with E-state index in [4.69, 9.17) is 21.7 Å². The molecule has 2 aliphatic heterocycles. The second-order valence-electron chi connectivity index (χ2n) is 4.99. The maximum atomic E-state index is 5.94. The van der Waals surface area contributed by atoms with Gasteiger partial charge < -0.3 is 9.47 Å². The van der Waals surface area contributed by atoms with Crippen molar-refractivity contribution < 1.29 is 9.47 Å². The predicted octanol–water partition coefficient (Wildman–Crippen LogP) is 3.04. The topological polar surface area (TPSA) is 21.8 Å². The number of rotatable bonds is 1. The lowest BCUT2D eigenvalue weighted by Crippen LogP contribution is -2.37. The Hall–Kier alpha value is -0.930. The van der Waals surface area contributed by atoms with E-state index in [1.54, 1.807) is 0 Å². The summed E-state index contributed by atoms with van der Waals surface area (Å²) in [5.41, 5.74) is 2.02. The van der Waals surface area contributed by atoms with E-state index in [2.05, 4.69) is 19.9 Å². The largest absolute Gasteiger partial charge is 0.485 e. The molecule has 0 N–H and O–H groups in total. The van der Waals surface area contributed by atoms with Crippen molar-refractivity contribution in [2.75, 3.05) is 0 Å². The smallest absolute Gasteiger partial charge is 0.132 e. The van der Waals surface area contributed by atoms with Crippen LogP contribution in [0.5, 0.6) is 5.75 Å². The molecule has 2 aliphatic rings. The first-order valence-corrected chi connectivity index (χ1v) is 5.89. The zero-order valence-electron chi connectivity index (χ0n) is 9.61. The van der Waals surface area contributed by atoms with Crippen molar-refractivity contribution in [3.63, 3.8) is 0 Å². The lowest BCUT2D eigenvalue weighted by Gasteiger charge is -2.29. The Morgan fingerprint density at radius 2 is 2.12 bits per heavy atom. The Balaban J connectivity index is 2.06. The molecule has 0 aromatic heterocycles. The Labute approximate surface area is 101 Å². The van der Waals surface area contributed by atoms with Crippen LogP contribution < -0.4 is 4.74 Å². The fourth-order valence-electron chi connectivity index (χ4n) is 2.30. The number of thiocarbonyl (C=S) groups is 1. The van der Waals surface area contributed by atoms with Crippen molar-refractivity contribution in [1.82, 2.24) is 0 Å². The standard InChI is InChI=1S/C13H14O2S/c1-7(16)8-4-5-10-9(6-8)11-12(14-11)13(2,3)15-10/h4-6,11-12H,1-3H3. The van der Waals surface area contributed by atoms with E-state index in [1.807, 2.05) is 19.1 Å². The molecule has 3 heteroatoms. The third-order valence-corrected chi connectivity index (χ3v) is 3.51. The number of fused-ring (bicyclic) bond motifs is 3. The molecular weight excluding hydrogens is 220 g/mol. The average Bonchev–Trinajstić information content (AvgIpc) is 2.97. The SMILES string of the molecule is CC(=S)c1ccc2c(c1)C1OC1C(C)(C)O2. The summed E-state index contributed by atoms with van der Waals surface area (Å²) >= 11 is 5.18. The number of epoxide rings is 1. The fourth-order valence-corrected chi connectivity index (χ4v) is 2.43. The first-order valence-electron chi connectivity index (χ1n) is 5.48. The molecule has 2 nitrogen and oxygen atoms in total. The molecule has 1 fully saturated rings. The van der Waals surface area contributed by atoms with Crippen molar-refractivity contribution in [3.8, 4) is 5.75 Å². The summed E-state index contributed by atoms with van der Waals surface area (Å²) in [6.07, 6.45) is 0.397. The van der Waals surface area contributed by atoms with Gasteiger partial charge >= 0.3 is 0 Å². The van der Waals surface area contributed by atoms with Gasteiger partial charge in [0.2, 0.25) is 0 Å². The van der Waals surface area contributed by atoms with Gasteiger partial charge in [-0.3, -0.25) is 0 Å². The molecule has 1 saturated heterocycles. The summed E-state index contributed by atoms with van der Waals surface area (Å²) in [5.74, 6) is 0.934. The summed E-state index contributed by atoms with van der Waals surface area (Å²) in [7, 11) is 0. The van der Waals surface area contributed by atoms with Gasteiger partial charge in [-0.2, -0.15) is 0 Å². The highest BCUT2D eigenvalue weighted by Gasteiger charge is 2.56. The lowest BCUT2D eigenvalue weighted by atomic mass is 9.93. The Kier molecular flexibility index (Phi) is 1.95. The fraction of sp³-hybridized carbons (Fsp3) is 0.462. The number of hydrogen-bond donors (Lipinski definition) is 0. The average molecular weight is 234 g/mol. The first kappa shape index (κ1) is 10.2. The van der Waals surface area contributed by atoms with Crippen LogP contribution in [0, 0.1) is 0 Å². The van der Waals surface area contributed by atoms with Crippen molar-refractivity contribution in [2.45, 2.75) is 38.6 Å². The van der Waals surface area contributed by atoms with E-state index in [-0.39, 0.29) is 17.8 Å². The van der Waals surface area contributed by atoms with Gasteiger partial charge in [0.1, 0.15) is 23.6 Å². The molecule has 16 heavy (non-hydrogen) atoms. The van der Waals surface area contributed by atoms with Gasteiger partial charge in [0, 0.05) is 10.4 Å². The van der Waals surface area contributed by atoms with Gasteiger partial charge in [-0.15, -0.1) is 0 Å². The highest BCUT2D eigenvalue weighted by atomic mass is 32.1. The van der Waals surface area contributed by atoms with Gasteiger partial charge in [0.05, 0.1) is 0 Å². The molecule has 84 valence electrons. The Bertz CT molecular complexity index is 479. The number of benzene rings is 1. The quantitative estimate of drug-likeness (QED) is 0.423. The minimum Gasteiger partial charge on any atom is -0.485 e. The molecule has 0 spiro atoms. The van der Waals surface area contributed by atoms with Crippen molar-refractivity contribution in [2.24, 2.45) is 0 Å². The van der Waals surface area contributed by atoms with Crippen molar-refractivity contribution in [1.29, 1.82) is 0 Å². The summed E-state index contributed by atoms with van der Waals surface area (Å²) in [5, 5.41) is 0. The molecule has 2 unspecified atom stereocenters. The van der Waals surface area contributed by atoms with E-state index in [0.29, 0.717) is 0 Å². The van der Waals surface area contributed by atoms with Gasteiger partial charge in [0.25, 0.3) is 0 Å². The second kappa shape index (κ2) is 3.05. The van der Waals surface area contributed by atoms with Gasteiger partial charge in [-0.1, -0.05) is 18.3 Å². The van der Waals surface area contributed by atoms with Crippen LogP contribution >= 0.6 is 12.2 Å². The monoisotopic (exact) mass is 234 g/mol. The van der Waals surface area contributed by atoms with Crippen LogP contribution in [0.25, 0.3) is 0 Å². The van der Waals surface area contributed by atoms with Crippen LogP contribution in [-0.2, 0) is 4.74 Å². The Morgan fingerprint density at radius 1 is 1.38 bits per heavy atom. The van der Waals surface area contributed by atoms with E-state index < -0.39 is 0 Å². The van der Waals surface area contributed by atoms with Crippen molar-refractivity contribution in [3.05, 3.63) is 29.3 Å². The third kappa shape index (κ3) is 1.39. The normalized spacial score (nSPS) is 28.7. The lowest BCUT2D eigenvalue weighted by molar-refractivity contribution is 0.0725. The zero-order valence-corrected chi connectivity index (χ0v) is 10.4. The Morgan fingerprint density at radius 3 is 2.81 bits per heavy atom. The predicted molar refractivity (Wildman–Crippen MR) is 66.1 cm³/mol. The summed E-state index contributed by atoms with van der Waals surface area (Å²) in [6.45, 7) is 6.08. The molecule has 0 amide bonds. The van der Waals surface area contributed by atoms with Gasteiger partial charge in [-0.25, -0.2) is 0 Å². The van der Waals surface area contributed by atoms with E-state index in [9.17, 15) is 0 Å². The van der Waals surface area contributed by atoms with E-state index in [0.717, 1.165) is 21.7 Å². The maximum absolute atomic E-state index is 5.94. The summed E-state index contributed by atoms with van der Waals surface area (Å²) in [4.78, 5) is 0.907. The molecule has 0 radical (unpaired) electrons. The van der Waals surface area contributed by atoms with Gasteiger partial charge in [0.15, 0.2) is 0 Å². The highest BCUT2D eigenvalue weighted by Crippen LogP contribution is 2.53. The minimum atomic E-state index is -0.216. The molecule has 2 atom stereocenters. The van der Waals surface area contributed by atoms with Crippen LogP contribution in [-0.4, -0.2) is 16.6 Å². The molecule has 1 aromatic carbocycles. The first-order chi connectivity index (χ1) is 7.49. The number of ether oxygens (including phenoxy) is 2. The van der Waals surface area contributed by atoms with Crippen LogP contribution in [0.2, 0.25) is 0 Å². The van der Waals surface area contributed by atoms with Gasteiger partial charge in [-0.05, 0) is 38.5 Å². The second-order valence-corrected chi connectivity index (χ2v) is 5.60. The van der Waals surface area contributed by atoms with Crippen LogP contribution in [0.1, 0.15) is 38.0 Å². The molecule has 0 bridgehead atoms. The van der Waals surface area contributed by atoms with Crippen LogP contribution in [0.3, 0.4) is 0 Å². The van der Waals surface area contributed by atoms with Crippen LogP contribution in [0.15, 0.2) is 18.2 Å². The molecule has 0 saturated carbocycles. The third-order valence-electron chi connectivity index (χ3n) is 3.27. The zero-order chi connectivity index (χ0) is 11.5. The van der Waals surface area contributed by atoms with E-state index >= 15 is 0 Å². The maximum Gasteiger partial charge on any atom is 0.132 e. The molecule has 3 rings (SSSR count).